The zero-order valence-corrected chi connectivity index (χ0v) is 13.0. The van der Waals surface area contributed by atoms with Gasteiger partial charge in [0.05, 0.1) is 29.2 Å². The third-order valence-corrected chi connectivity index (χ3v) is 4.62. The maximum Gasteiger partial charge on any atom is 0.163 e. The largest absolute Gasteiger partial charge is 0.267 e. The summed E-state index contributed by atoms with van der Waals surface area (Å²) in [6.45, 7) is 1.72. The molecule has 0 aliphatic carbocycles. The lowest BCUT2D eigenvalue weighted by molar-refractivity contribution is 0.420. The smallest absolute Gasteiger partial charge is 0.163 e. The number of rotatable bonds is 7. The van der Waals surface area contributed by atoms with Crippen LogP contribution in [0.25, 0.3) is 0 Å². The lowest BCUT2D eigenvalue weighted by atomic mass is 10.5. The molecule has 0 spiro atoms. The third kappa shape index (κ3) is 3.79. The number of aromatic nitrogens is 5. The number of nitrogens with zero attached hydrogens (tertiary/aromatic N) is 5. The van der Waals surface area contributed by atoms with E-state index in [1.807, 2.05) is 6.92 Å². The highest BCUT2D eigenvalue weighted by Crippen LogP contribution is 2.19. The normalized spacial score (nSPS) is 12.0. The predicted molar refractivity (Wildman–Crippen MR) is 75.2 cm³/mol. The van der Waals surface area contributed by atoms with Gasteiger partial charge in [0.1, 0.15) is 24.6 Å². The van der Waals surface area contributed by atoms with Crippen LogP contribution in [0.4, 0.5) is 4.39 Å². The zero-order chi connectivity index (χ0) is 15.5. The second kappa shape index (κ2) is 6.52. The molecule has 0 fully saturated rings. The molecule has 0 bridgehead atoms. The van der Waals surface area contributed by atoms with Crippen LogP contribution >= 0.6 is 11.6 Å². The van der Waals surface area contributed by atoms with Gasteiger partial charge in [0.25, 0.3) is 0 Å². The summed E-state index contributed by atoms with van der Waals surface area (Å²) >= 11 is 5.96. The number of aryl methyl sites for hydroxylation is 2. The first-order chi connectivity index (χ1) is 9.96. The monoisotopic (exact) mass is 335 g/mol. The van der Waals surface area contributed by atoms with Crippen molar-refractivity contribution < 1.29 is 12.8 Å². The maximum atomic E-state index is 12.4. The van der Waals surface area contributed by atoms with Crippen LogP contribution in [-0.2, 0) is 34.4 Å². The Hall–Kier alpha value is -1.48. The van der Waals surface area contributed by atoms with Crippen LogP contribution in [0.3, 0.4) is 0 Å². The van der Waals surface area contributed by atoms with Gasteiger partial charge in [-0.2, -0.15) is 10.2 Å². The quantitative estimate of drug-likeness (QED) is 0.760. The van der Waals surface area contributed by atoms with E-state index in [0.29, 0.717) is 17.3 Å². The van der Waals surface area contributed by atoms with Gasteiger partial charge < -0.3 is 0 Å². The van der Waals surface area contributed by atoms with Crippen molar-refractivity contribution in [2.45, 2.75) is 31.5 Å². The molecule has 21 heavy (non-hydrogen) atoms. The molecule has 0 aliphatic rings. The van der Waals surface area contributed by atoms with Gasteiger partial charge in [-0.05, 0) is 6.92 Å². The van der Waals surface area contributed by atoms with Crippen molar-refractivity contribution in [2.75, 3.05) is 6.67 Å². The zero-order valence-electron chi connectivity index (χ0n) is 11.4. The molecule has 2 aromatic heterocycles. The van der Waals surface area contributed by atoms with E-state index in [0.717, 1.165) is 0 Å². The summed E-state index contributed by atoms with van der Waals surface area (Å²) in [5.41, 5.74) is 0.440. The Kier molecular flexibility index (Phi) is 4.94. The molecule has 116 valence electrons. The summed E-state index contributed by atoms with van der Waals surface area (Å²) in [6.07, 6.45) is 2.63. The first kappa shape index (κ1) is 15.9. The molecule has 10 heteroatoms. The van der Waals surface area contributed by atoms with Gasteiger partial charge in [-0.3, -0.25) is 4.68 Å². The second-order valence-electron chi connectivity index (χ2n) is 4.38. The highest BCUT2D eigenvalue weighted by atomic mass is 35.5. The molecule has 0 radical (unpaired) electrons. The van der Waals surface area contributed by atoms with Crippen molar-refractivity contribution in [3.8, 4) is 0 Å². The summed E-state index contributed by atoms with van der Waals surface area (Å²) < 4.78 is 39.7. The van der Waals surface area contributed by atoms with Crippen LogP contribution in [-0.4, -0.2) is 39.6 Å². The summed E-state index contributed by atoms with van der Waals surface area (Å²) in [5, 5.41) is 8.11. The first-order valence-corrected chi connectivity index (χ1v) is 8.50. The van der Waals surface area contributed by atoms with Gasteiger partial charge in [-0.15, -0.1) is 0 Å². The average Bonchev–Trinajstić information content (AvgIpc) is 2.98. The predicted octanol–water partition coefficient (Wildman–Crippen LogP) is 1.23. The minimum Gasteiger partial charge on any atom is -0.267 e. The maximum absolute atomic E-state index is 12.4. The van der Waals surface area contributed by atoms with E-state index >= 15 is 0 Å². The molecule has 0 aromatic carbocycles. The van der Waals surface area contributed by atoms with E-state index in [9.17, 15) is 12.8 Å². The van der Waals surface area contributed by atoms with Crippen molar-refractivity contribution in [3.63, 3.8) is 0 Å². The van der Waals surface area contributed by atoms with Crippen LogP contribution in [0.15, 0.2) is 12.5 Å². The molecule has 2 aromatic rings. The van der Waals surface area contributed by atoms with Crippen LogP contribution in [0.1, 0.15) is 18.4 Å². The van der Waals surface area contributed by atoms with Gasteiger partial charge in [0.15, 0.2) is 9.84 Å². The van der Waals surface area contributed by atoms with Crippen molar-refractivity contribution in [1.82, 2.24) is 24.5 Å². The van der Waals surface area contributed by atoms with Crippen molar-refractivity contribution in [2.24, 2.45) is 0 Å². The molecule has 0 unspecified atom stereocenters. The van der Waals surface area contributed by atoms with Crippen molar-refractivity contribution in [3.05, 3.63) is 29.1 Å². The Morgan fingerprint density at radius 2 is 2.05 bits per heavy atom. The van der Waals surface area contributed by atoms with E-state index in [-0.39, 0.29) is 23.9 Å². The molecule has 2 heterocycles. The fraction of sp³-hybridized carbons (Fsp3) is 0.545. The van der Waals surface area contributed by atoms with Crippen LogP contribution in [0.2, 0.25) is 5.02 Å². The lowest BCUT2D eigenvalue weighted by Crippen LogP contribution is -2.16. The Bertz CT molecular complexity index is 712. The molecule has 0 amide bonds. The fourth-order valence-corrected chi connectivity index (χ4v) is 3.65. The number of hydrogen-bond donors (Lipinski definition) is 0. The third-order valence-electron chi connectivity index (χ3n) is 2.89. The summed E-state index contributed by atoms with van der Waals surface area (Å²) in [6, 6.07) is 0. The van der Waals surface area contributed by atoms with Crippen LogP contribution < -0.4 is 0 Å². The Labute approximate surface area is 126 Å². The van der Waals surface area contributed by atoms with E-state index in [2.05, 4.69) is 15.2 Å². The van der Waals surface area contributed by atoms with Gasteiger partial charge >= 0.3 is 0 Å². The van der Waals surface area contributed by atoms with E-state index in [4.69, 9.17) is 11.6 Å². The molecule has 0 saturated heterocycles. The minimum atomic E-state index is -3.51. The summed E-state index contributed by atoms with van der Waals surface area (Å²) in [5.74, 6) is -0.355. The number of halogens is 2. The van der Waals surface area contributed by atoms with Gasteiger partial charge in [-0.1, -0.05) is 11.6 Å². The number of hydrogen-bond acceptors (Lipinski definition) is 5. The number of alkyl halides is 1. The number of sulfone groups is 1. The SMILES string of the molecule is CCn1ncc(Cl)c1CS(=O)(=O)Cc1ncnn1CCF. The van der Waals surface area contributed by atoms with Gasteiger partial charge in [0, 0.05) is 6.54 Å². The fourth-order valence-electron chi connectivity index (χ4n) is 1.93. The molecule has 0 N–H and O–H groups in total. The molecular weight excluding hydrogens is 321 g/mol. The first-order valence-electron chi connectivity index (χ1n) is 6.30. The Morgan fingerprint density at radius 3 is 2.71 bits per heavy atom. The van der Waals surface area contributed by atoms with E-state index in [1.54, 1.807) is 0 Å². The topological polar surface area (TPSA) is 82.7 Å². The minimum absolute atomic E-state index is 0.0154. The molecule has 0 saturated carbocycles. The van der Waals surface area contributed by atoms with Crippen molar-refractivity contribution >= 4 is 21.4 Å². The lowest BCUT2D eigenvalue weighted by Gasteiger charge is -2.08. The Morgan fingerprint density at radius 1 is 1.29 bits per heavy atom. The van der Waals surface area contributed by atoms with Gasteiger partial charge in [-0.25, -0.2) is 22.5 Å². The van der Waals surface area contributed by atoms with Gasteiger partial charge in [0.2, 0.25) is 0 Å². The highest BCUT2D eigenvalue weighted by molar-refractivity contribution is 7.89. The van der Waals surface area contributed by atoms with Crippen molar-refractivity contribution in [1.29, 1.82) is 0 Å². The molecule has 0 aliphatic heterocycles. The Balaban J connectivity index is 2.19. The molecule has 7 nitrogen and oxygen atoms in total. The molecule has 0 atom stereocenters. The highest BCUT2D eigenvalue weighted by Gasteiger charge is 2.21. The average molecular weight is 336 g/mol. The standard InChI is InChI=1S/C11H15ClFN5O2S/c1-2-17-10(9(12)5-15-17)6-21(19,20)7-11-14-8-16-18(11)4-3-13/h5,8H,2-4,6-7H2,1H3. The second-order valence-corrected chi connectivity index (χ2v) is 6.85. The van der Waals surface area contributed by atoms with E-state index < -0.39 is 16.5 Å². The molecule has 2 rings (SSSR count). The van der Waals surface area contributed by atoms with Crippen LogP contribution in [0.5, 0.6) is 0 Å². The van der Waals surface area contributed by atoms with E-state index in [1.165, 1.54) is 21.9 Å². The summed E-state index contributed by atoms with van der Waals surface area (Å²) in [4.78, 5) is 3.86. The summed E-state index contributed by atoms with van der Waals surface area (Å²) in [7, 11) is -3.51. The van der Waals surface area contributed by atoms with Crippen LogP contribution in [0, 0.1) is 0 Å². The molecular formula is C11H15ClFN5O2S.